The Hall–Kier alpha value is -1.69. The summed E-state index contributed by atoms with van der Waals surface area (Å²) in [7, 11) is 0. The zero-order valence-electron chi connectivity index (χ0n) is 12.5. The van der Waals surface area contributed by atoms with Crippen molar-refractivity contribution in [3.63, 3.8) is 0 Å². The molecule has 2 N–H and O–H groups in total. The molecule has 1 aromatic rings. The van der Waals surface area contributed by atoms with Crippen molar-refractivity contribution in [1.29, 1.82) is 0 Å². The molecule has 6 heteroatoms. The normalized spacial score (nSPS) is 12.3. The molecule has 4 nitrogen and oxygen atoms in total. The highest BCUT2D eigenvalue weighted by atomic mass is 19.1. The van der Waals surface area contributed by atoms with E-state index in [1.165, 1.54) is 6.92 Å². The van der Waals surface area contributed by atoms with Crippen LogP contribution in [0.15, 0.2) is 12.1 Å². The van der Waals surface area contributed by atoms with Crippen molar-refractivity contribution in [2.75, 3.05) is 6.54 Å². The van der Waals surface area contributed by atoms with Crippen LogP contribution in [0.4, 0.5) is 8.78 Å². The van der Waals surface area contributed by atoms with Crippen LogP contribution in [0.3, 0.4) is 0 Å². The number of benzene rings is 1. The Morgan fingerprint density at radius 2 is 1.86 bits per heavy atom. The zero-order valence-corrected chi connectivity index (χ0v) is 12.5. The van der Waals surface area contributed by atoms with E-state index in [0.29, 0.717) is 12.5 Å². The fraction of sp³-hybridized carbons (Fsp3) is 0.533. The van der Waals surface area contributed by atoms with Crippen molar-refractivity contribution in [2.45, 2.75) is 39.9 Å². The molecule has 0 fully saturated rings. The van der Waals surface area contributed by atoms with Crippen LogP contribution < -0.4 is 10.1 Å². The molecule has 0 aliphatic heterocycles. The number of rotatable bonds is 7. The van der Waals surface area contributed by atoms with Gasteiger partial charge in [0, 0.05) is 6.54 Å². The van der Waals surface area contributed by atoms with Crippen LogP contribution in [0.5, 0.6) is 5.75 Å². The molecule has 0 saturated carbocycles. The number of carbonyl (C=O) groups excluding carboxylic acids is 1. The Morgan fingerprint density at radius 3 is 2.33 bits per heavy atom. The number of carbonyl (C=O) groups is 1. The summed E-state index contributed by atoms with van der Waals surface area (Å²) in [6, 6.07) is 1.95. The first kappa shape index (κ1) is 17.4. The van der Waals surface area contributed by atoms with Gasteiger partial charge < -0.3 is 15.2 Å². The predicted octanol–water partition coefficient (Wildman–Crippen LogP) is 2.39. The second-order valence-electron chi connectivity index (χ2n) is 5.28. The maximum absolute atomic E-state index is 13.7. The molecule has 0 aliphatic rings. The van der Waals surface area contributed by atoms with Gasteiger partial charge in [-0.2, -0.15) is 0 Å². The highest BCUT2D eigenvalue weighted by Gasteiger charge is 2.20. The standard InChI is InChI=1S/C15H21F2NO3/c1-9(2)4-5-18-15(20)10(3)21-14-12(16)6-11(8-19)7-13(14)17/h6-7,9-10,19H,4-5,8H2,1-3H3,(H,18,20). The van der Waals surface area contributed by atoms with E-state index in [9.17, 15) is 13.6 Å². The second-order valence-corrected chi connectivity index (χ2v) is 5.28. The molecule has 1 atom stereocenters. The first-order valence-electron chi connectivity index (χ1n) is 6.88. The minimum absolute atomic E-state index is 0.103. The molecule has 0 radical (unpaired) electrons. The number of ether oxygens (including phenoxy) is 1. The number of hydrogen-bond donors (Lipinski definition) is 2. The van der Waals surface area contributed by atoms with Crippen LogP contribution in [0.25, 0.3) is 0 Å². The van der Waals surface area contributed by atoms with Crippen LogP contribution in [-0.2, 0) is 11.4 Å². The number of halogens is 2. The number of nitrogens with one attached hydrogen (secondary N) is 1. The van der Waals surface area contributed by atoms with Crippen molar-refractivity contribution in [1.82, 2.24) is 5.32 Å². The minimum Gasteiger partial charge on any atom is -0.475 e. The van der Waals surface area contributed by atoms with Crippen LogP contribution in [0.2, 0.25) is 0 Å². The van der Waals surface area contributed by atoms with Gasteiger partial charge >= 0.3 is 0 Å². The molecular weight excluding hydrogens is 280 g/mol. The van der Waals surface area contributed by atoms with Gasteiger partial charge in [-0.25, -0.2) is 8.78 Å². The maximum atomic E-state index is 13.7. The van der Waals surface area contributed by atoms with Gasteiger partial charge in [0.15, 0.2) is 23.5 Å². The summed E-state index contributed by atoms with van der Waals surface area (Å²) in [5, 5.41) is 11.5. The fourth-order valence-corrected chi connectivity index (χ4v) is 1.67. The summed E-state index contributed by atoms with van der Waals surface area (Å²) in [4.78, 5) is 11.8. The molecular formula is C15H21F2NO3. The van der Waals surface area contributed by atoms with Gasteiger partial charge in [0.05, 0.1) is 6.61 Å². The number of aliphatic hydroxyl groups excluding tert-OH is 1. The lowest BCUT2D eigenvalue weighted by atomic mass is 10.1. The quantitative estimate of drug-likeness (QED) is 0.813. The third-order valence-electron chi connectivity index (χ3n) is 2.93. The van der Waals surface area contributed by atoms with Crippen LogP contribution >= 0.6 is 0 Å². The summed E-state index contributed by atoms with van der Waals surface area (Å²) in [6.07, 6.45) is -0.201. The molecule has 21 heavy (non-hydrogen) atoms. The van der Waals surface area contributed by atoms with Gasteiger partial charge in [-0.1, -0.05) is 13.8 Å². The molecule has 0 aromatic heterocycles. The first-order valence-corrected chi connectivity index (χ1v) is 6.88. The predicted molar refractivity (Wildman–Crippen MR) is 74.8 cm³/mol. The molecule has 0 saturated heterocycles. The zero-order chi connectivity index (χ0) is 16.0. The molecule has 0 bridgehead atoms. The topological polar surface area (TPSA) is 58.6 Å². The fourth-order valence-electron chi connectivity index (χ4n) is 1.67. The van der Waals surface area contributed by atoms with Crippen molar-refractivity contribution in [3.05, 3.63) is 29.3 Å². The lowest BCUT2D eigenvalue weighted by Gasteiger charge is -2.16. The largest absolute Gasteiger partial charge is 0.475 e. The summed E-state index contributed by atoms with van der Waals surface area (Å²) in [6.45, 7) is 5.49. The van der Waals surface area contributed by atoms with Gasteiger partial charge in [-0.05, 0) is 37.0 Å². The Balaban J connectivity index is 2.66. The van der Waals surface area contributed by atoms with E-state index in [0.717, 1.165) is 18.6 Å². The van der Waals surface area contributed by atoms with Crippen LogP contribution in [-0.4, -0.2) is 23.7 Å². The lowest BCUT2D eigenvalue weighted by Crippen LogP contribution is -2.37. The number of hydrogen-bond acceptors (Lipinski definition) is 3. The maximum Gasteiger partial charge on any atom is 0.260 e. The second kappa shape index (κ2) is 7.93. The number of aliphatic hydroxyl groups is 1. The van der Waals surface area contributed by atoms with E-state index >= 15 is 0 Å². The monoisotopic (exact) mass is 301 g/mol. The summed E-state index contributed by atoms with van der Waals surface area (Å²) >= 11 is 0. The Labute approximate surface area is 123 Å². The highest BCUT2D eigenvalue weighted by molar-refractivity contribution is 5.80. The SMILES string of the molecule is CC(C)CCNC(=O)C(C)Oc1c(F)cc(CO)cc1F. The molecule has 0 heterocycles. The van der Waals surface area contributed by atoms with Gasteiger partial charge in [0.1, 0.15) is 0 Å². The van der Waals surface area contributed by atoms with Crippen LogP contribution in [0, 0.1) is 17.6 Å². The molecule has 118 valence electrons. The molecule has 1 rings (SSSR count). The first-order chi connectivity index (χ1) is 9.85. The van der Waals surface area contributed by atoms with E-state index in [2.05, 4.69) is 5.32 Å². The minimum atomic E-state index is -1.01. The van der Waals surface area contributed by atoms with Gasteiger partial charge in [0.25, 0.3) is 5.91 Å². The summed E-state index contributed by atoms with van der Waals surface area (Å²) in [5.41, 5.74) is 0.103. The Kier molecular flexibility index (Phi) is 6.55. The van der Waals surface area contributed by atoms with Crippen molar-refractivity contribution < 1.29 is 23.4 Å². The van der Waals surface area contributed by atoms with E-state index in [1.807, 2.05) is 13.8 Å². The van der Waals surface area contributed by atoms with Crippen LogP contribution in [0.1, 0.15) is 32.8 Å². The van der Waals surface area contributed by atoms with E-state index in [4.69, 9.17) is 9.84 Å². The molecule has 1 aromatic carbocycles. The van der Waals surface area contributed by atoms with Crippen molar-refractivity contribution >= 4 is 5.91 Å². The van der Waals surface area contributed by atoms with Crippen molar-refractivity contribution in [3.8, 4) is 5.75 Å². The Morgan fingerprint density at radius 1 is 1.29 bits per heavy atom. The van der Waals surface area contributed by atoms with Gasteiger partial charge in [-0.15, -0.1) is 0 Å². The summed E-state index contributed by atoms with van der Waals surface area (Å²) < 4.78 is 32.4. The Bertz CT molecular complexity index is 469. The molecule has 1 amide bonds. The molecule has 1 unspecified atom stereocenters. The van der Waals surface area contributed by atoms with E-state index in [-0.39, 0.29) is 5.56 Å². The highest BCUT2D eigenvalue weighted by Crippen LogP contribution is 2.24. The molecule has 0 spiro atoms. The van der Waals surface area contributed by atoms with Crippen molar-refractivity contribution in [2.24, 2.45) is 5.92 Å². The van der Waals surface area contributed by atoms with E-state index in [1.54, 1.807) is 0 Å². The smallest absolute Gasteiger partial charge is 0.260 e. The average Bonchev–Trinajstić information content (AvgIpc) is 2.41. The average molecular weight is 301 g/mol. The lowest BCUT2D eigenvalue weighted by molar-refractivity contribution is -0.127. The third kappa shape index (κ3) is 5.30. The van der Waals surface area contributed by atoms with Gasteiger partial charge in [0.2, 0.25) is 0 Å². The summed E-state index contributed by atoms with van der Waals surface area (Å²) in [5.74, 6) is -2.48. The van der Waals surface area contributed by atoms with Gasteiger partial charge in [-0.3, -0.25) is 4.79 Å². The third-order valence-corrected chi connectivity index (χ3v) is 2.93. The van der Waals surface area contributed by atoms with E-state index < -0.39 is 36.0 Å². The molecule has 0 aliphatic carbocycles. The number of amides is 1.